The minimum atomic E-state index is -0.212. The molecule has 1 heterocycles. The van der Waals surface area contributed by atoms with E-state index in [0.29, 0.717) is 6.61 Å². The molecule has 3 aromatic rings. The van der Waals surface area contributed by atoms with Crippen molar-refractivity contribution in [3.63, 3.8) is 0 Å². The van der Waals surface area contributed by atoms with Crippen LogP contribution in [0.15, 0.2) is 84.9 Å². The number of hydrogen-bond donors (Lipinski definition) is 0. The number of hydrogen-bond acceptors (Lipinski definition) is 3. The van der Waals surface area contributed by atoms with Gasteiger partial charge < -0.3 is 4.74 Å². The lowest BCUT2D eigenvalue weighted by molar-refractivity contribution is 0.340. The molecule has 0 radical (unpaired) electrons. The monoisotopic (exact) mass is 384 g/mol. The lowest BCUT2D eigenvalue weighted by atomic mass is 9.90. The normalized spacial score (nSPS) is 14.8. The zero-order valence-electron chi connectivity index (χ0n) is 17.6. The maximum absolute atomic E-state index is 5.78. The van der Waals surface area contributed by atoms with E-state index in [1.165, 1.54) is 16.8 Å². The van der Waals surface area contributed by atoms with Crippen LogP contribution in [0.2, 0.25) is 0 Å². The van der Waals surface area contributed by atoms with E-state index in [2.05, 4.69) is 116 Å². The van der Waals surface area contributed by atoms with Gasteiger partial charge in [-0.3, -0.25) is 10.0 Å². The second-order valence-corrected chi connectivity index (χ2v) is 7.89. The van der Waals surface area contributed by atoms with E-state index in [1.807, 2.05) is 6.92 Å². The number of hydrazine groups is 1. The topological polar surface area (TPSA) is 15.7 Å². The van der Waals surface area contributed by atoms with E-state index in [1.54, 1.807) is 0 Å². The molecule has 3 nitrogen and oxygen atoms in total. The highest BCUT2D eigenvalue weighted by Gasteiger charge is 2.36. The number of rotatable bonds is 5. The predicted molar refractivity (Wildman–Crippen MR) is 123 cm³/mol. The fourth-order valence-corrected chi connectivity index (χ4v) is 4.14. The van der Waals surface area contributed by atoms with Crippen LogP contribution in [0.25, 0.3) is 5.57 Å². The molecule has 0 amide bonds. The molecule has 4 rings (SSSR count). The van der Waals surface area contributed by atoms with E-state index in [4.69, 9.17) is 4.74 Å². The quantitative estimate of drug-likeness (QED) is 0.479. The molecule has 0 atom stereocenters. The minimum absolute atomic E-state index is 0.212. The van der Waals surface area contributed by atoms with Crippen molar-refractivity contribution in [3.05, 3.63) is 90.5 Å². The molecule has 148 valence electrons. The van der Waals surface area contributed by atoms with Crippen LogP contribution in [0.3, 0.4) is 0 Å². The fraction of sp³-hybridized carbons (Fsp3) is 0.231. The van der Waals surface area contributed by atoms with Gasteiger partial charge in [0.2, 0.25) is 0 Å². The molecule has 0 bridgehead atoms. The van der Waals surface area contributed by atoms with E-state index in [9.17, 15) is 0 Å². The highest BCUT2D eigenvalue weighted by Crippen LogP contribution is 2.44. The first-order valence-corrected chi connectivity index (χ1v) is 10.2. The molecular formula is C26H28N2O. The molecule has 0 aliphatic carbocycles. The Morgan fingerprint density at radius 1 is 0.862 bits per heavy atom. The Kier molecular flexibility index (Phi) is 5.06. The van der Waals surface area contributed by atoms with Gasteiger partial charge in [-0.2, -0.15) is 0 Å². The SMILES string of the molecule is CCOc1ccc2c(c1)C(C)=CC(C)(C)N2N(c1ccccc1)c1ccccc1. The molecule has 1 aliphatic heterocycles. The van der Waals surface area contributed by atoms with Crippen LogP contribution in [0, 0.1) is 0 Å². The first-order chi connectivity index (χ1) is 14.0. The number of ether oxygens (including phenoxy) is 1. The third-order valence-electron chi connectivity index (χ3n) is 5.25. The highest BCUT2D eigenvalue weighted by molar-refractivity contribution is 5.85. The third-order valence-corrected chi connectivity index (χ3v) is 5.25. The molecular weight excluding hydrogens is 356 g/mol. The van der Waals surface area contributed by atoms with Crippen molar-refractivity contribution >= 4 is 22.6 Å². The summed E-state index contributed by atoms with van der Waals surface area (Å²) < 4.78 is 5.78. The summed E-state index contributed by atoms with van der Waals surface area (Å²) in [5, 5.41) is 4.69. The molecule has 3 heteroatoms. The second-order valence-electron chi connectivity index (χ2n) is 7.89. The van der Waals surface area contributed by atoms with E-state index in [-0.39, 0.29) is 5.54 Å². The number of anilines is 3. The Bertz CT molecular complexity index is 970. The van der Waals surface area contributed by atoms with Crippen LogP contribution in [-0.4, -0.2) is 12.1 Å². The molecule has 0 spiro atoms. The number of fused-ring (bicyclic) bond motifs is 1. The van der Waals surface area contributed by atoms with Crippen molar-refractivity contribution < 1.29 is 4.74 Å². The molecule has 0 unspecified atom stereocenters. The molecule has 0 N–H and O–H groups in total. The van der Waals surface area contributed by atoms with Gasteiger partial charge in [0, 0.05) is 5.56 Å². The third kappa shape index (κ3) is 3.61. The van der Waals surface area contributed by atoms with Crippen LogP contribution in [0.4, 0.5) is 17.1 Å². The van der Waals surface area contributed by atoms with Crippen LogP contribution in [-0.2, 0) is 0 Å². The minimum Gasteiger partial charge on any atom is -0.494 e. The van der Waals surface area contributed by atoms with Gasteiger partial charge in [-0.05, 0) is 75.7 Å². The number of nitrogens with zero attached hydrogens (tertiary/aromatic N) is 2. The molecule has 0 saturated heterocycles. The van der Waals surface area contributed by atoms with Gasteiger partial charge in [0.15, 0.2) is 0 Å². The summed E-state index contributed by atoms with van der Waals surface area (Å²) in [4.78, 5) is 0. The zero-order valence-corrected chi connectivity index (χ0v) is 17.6. The summed E-state index contributed by atoms with van der Waals surface area (Å²) in [5.41, 5.74) is 5.68. The maximum atomic E-state index is 5.78. The Balaban J connectivity index is 1.93. The standard InChI is InChI=1S/C26H28N2O/c1-5-29-23-16-17-25-24(18-23)20(2)19-26(3,4)28(25)27(21-12-8-6-9-13-21)22-14-10-7-11-15-22/h6-19H,5H2,1-4H3. The number of allylic oxidation sites excluding steroid dienone is 1. The van der Waals surface area contributed by atoms with Crippen molar-refractivity contribution in [1.29, 1.82) is 0 Å². The van der Waals surface area contributed by atoms with Crippen molar-refractivity contribution in [2.45, 2.75) is 33.2 Å². The van der Waals surface area contributed by atoms with Crippen LogP contribution in [0.1, 0.15) is 33.3 Å². The van der Waals surface area contributed by atoms with Gasteiger partial charge in [0.1, 0.15) is 5.75 Å². The predicted octanol–water partition coefficient (Wildman–Crippen LogP) is 6.84. The average Bonchev–Trinajstić information content (AvgIpc) is 2.72. The molecule has 1 aliphatic rings. The van der Waals surface area contributed by atoms with Gasteiger partial charge in [0.25, 0.3) is 0 Å². The van der Waals surface area contributed by atoms with Gasteiger partial charge in [0.05, 0.1) is 29.2 Å². The first kappa shape index (κ1) is 19.1. The number of benzene rings is 3. The molecule has 29 heavy (non-hydrogen) atoms. The zero-order chi connectivity index (χ0) is 20.4. The Labute approximate surface area is 173 Å². The summed E-state index contributed by atoms with van der Waals surface area (Å²) in [6, 6.07) is 27.5. The smallest absolute Gasteiger partial charge is 0.120 e. The molecule has 3 aromatic carbocycles. The van der Waals surface area contributed by atoms with Gasteiger partial charge in [-0.25, -0.2) is 0 Å². The lowest BCUT2D eigenvalue weighted by Crippen LogP contribution is -2.54. The van der Waals surface area contributed by atoms with Crippen molar-refractivity contribution in [3.8, 4) is 5.75 Å². The summed E-state index contributed by atoms with van der Waals surface area (Å²) in [6.07, 6.45) is 2.34. The molecule has 0 aromatic heterocycles. The Morgan fingerprint density at radius 3 is 2.00 bits per heavy atom. The Morgan fingerprint density at radius 2 is 1.45 bits per heavy atom. The first-order valence-electron chi connectivity index (χ1n) is 10.2. The van der Waals surface area contributed by atoms with Gasteiger partial charge in [-0.15, -0.1) is 0 Å². The van der Waals surface area contributed by atoms with Crippen molar-refractivity contribution in [2.75, 3.05) is 16.6 Å². The maximum Gasteiger partial charge on any atom is 0.120 e. The average molecular weight is 385 g/mol. The summed E-state index contributed by atoms with van der Waals surface area (Å²) in [6.45, 7) is 9.38. The number of para-hydroxylation sites is 2. The second kappa shape index (κ2) is 7.67. The van der Waals surface area contributed by atoms with Gasteiger partial charge >= 0.3 is 0 Å². The fourth-order valence-electron chi connectivity index (χ4n) is 4.14. The van der Waals surface area contributed by atoms with Crippen LogP contribution in [0.5, 0.6) is 5.75 Å². The van der Waals surface area contributed by atoms with Crippen LogP contribution >= 0.6 is 0 Å². The van der Waals surface area contributed by atoms with Crippen LogP contribution < -0.4 is 14.8 Å². The summed E-state index contributed by atoms with van der Waals surface area (Å²) in [5.74, 6) is 0.907. The van der Waals surface area contributed by atoms with E-state index < -0.39 is 0 Å². The molecule has 0 saturated carbocycles. The largest absolute Gasteiger partial charge is 0.494 e. The van der Waals surface area contributed by atoms with Gasteiger partial charge in [-0.1, -0.05) is 42.5 Å². The van der Waals surface area contributed by atoms with E-state index >= 15 is 0 Å². The lowest BCUT2D eigenvalue weighted by Gasteiger charge is -2.49. The summed E-state index contributed by atoms with van der Waals surface area (Å²) in [7, 11) is 0. The van der Waals surface area contributed by atoms with E-state index in [0.717, 1.165) is 17.1 Å². The summed E-state index contributed by atoms with van der Waals surface area (Å²) >= 11 is 0. The Hall–Kier alpha value is -3.20. The van der Waals surface area contributed by atoms with Crippen molar-refractivity contribution in [2.24, 2.45) is 0 Å². The van der Waals surface area contributed by atoms with Crippen molar-refractivity contribution in [1.82, 2.24) is 0 Å². The highest BCUT2D eigenvalue weighted by atomic mass is 16.5. The molecule has 0 fully saturated rings.